The molecule has 0 aromatic heterocycles. The van der Waals surface area contributed by atoms with Crippen molar-refractivity contribution >= 4 is 63.2 Å². The summed E-state index contributed by atoms with van der Waals surface area (Å²) in [4.78, 5) is 37.8. The van der Waals surface area contributed by atoms with E-state index in [1.807, 2.05) is 22.6 Å². The maximum Gasteiger partial charge on any atom is 0.416 e. The smallest absolute Gasteiger partial charge is 0.416 e. The molecule has 168 valence electrons. The molecule has 3 rings (SSSR count). The molecule has 2 aromatic rings. The summed E-state index contributed by atoms with van der Waals surface area (Å²) in [5, 5.41) is 11.5. The number of phenolic OH excluding ortho intramolecular Hbond substituents is 1. The topological polar surface area (TPSA) is 95.9 Å². The first-order valence-electron chi connectivity index (χ1n) is 8.78. The van der Waals surface area contributed by atoms with E-state index < -0.39 is 35.3 Å². The molecule has 0 aliphatic carbocycles. The average Bonchev–Trinajstić information content (AvgIpc) is 2.97. The predicted octanol–water partition coefficient (Wildman–Crippen LogP) is 4.70. The number of imide groups is 1. The molecule has 1 fully saturated rings. The summed E-state index contributed by atoms with van der Waals surface area (Å²) in [5.74, 6) is -1.43. The van der Waals surface area contributed by atoms with Gasteiger partial charge in [-0.3, -0.25) is 19.3 Å². The van der Waals surface area contributed by atoms with Crippen LogP contribution in [0.5, 0.6) is 11.5 Å². The average molecular weight is 578 g/mol. The van der Waals surface area contributed by atoms with E-state index in [0.717, 1.165) is 18.2 Å². The Balaban J connectivity index is 1.73. The number of ether oxygens (including phenoxy) is 1. The number of aromatic hydroxyl groups is 1. The third kappa shape index (κ3) is 5.35. The van der Waals surface area contributed by atoms with Gasteiger partial charge < -0.3 is 15.2 Å². The van der Waals surface area contributed by atoms with Crippen LogP contribution in [0.1, 0.15) is 11.1 Å². The highest BCUT2D eigenvalue weighted by Crippen LogP contribution is 2.36. The van der Waals surface area contributed by atoms with Gasteiger partial charge >= 0.3 is 6.18 Å². The van der Waals surface area contributed by atoms with Gasteiger partial charge in [0.05, 0.1) is 21.1 Å². The SMILES string of the molecule is COc1cc(/C=C2\SC(=O)N(CC(=O)Nc3cccc(C(F)(F)F)c3)C2=O)cc(I)c1O. The second-order valence-corrected chi connectivity index (χ2v) is 8.60. The van der Waals surface area contributed by atoms with Crippen molar-refractivity contribution in [1.29, 1.82) is 0 Å². The Morgan fingerprint density at radius 1 is 1.28 bits per heavy atom. The third-order valence-electron chi connectivity index (χ3n) is 4.22. The normalized spacial score (nSPS) is 15.4. The molecule has 0 unspecified atom stereocenters. The quantitative estimate of drug-likeness (QED) is 0.395. The van der Waals surface area contributed by atoms with Gasteiger partial charge in [-0.15, -0.1) is 0 Å². The van der Waals surface area contributed by atoms with E-state index >= 15 is 0 Å². The second-order valence-electron chi connectivity index (χ2n) is 6.45. The van der Waals surface area contributed by atoms with Crippen LogP contribution in [0.2, 0.25) is 0 Å². The Labute approximate surface area is 197 Å². The summed E-state index contributed by atoms with van der Waals surface area (Å²) < 4.78 is 44.0. The Morgan fingerprint density at radius 2 is 2.00 bits per heavy atom. The Hall–Kier alpha value is -2.74. The highest BCUT2D eigenvalue weighted by molar-refractivity contribution is 14.1. The molecule has 1 aliphatic heterocycles. The third-order valence-corrected chi connectivity index (χ3v) is 5.95. The molecule has 0 bridgehead atoms. The molecule has 2 N–H and O–H groups in total. The molecular formula is C20H14F3IN2O5S. The van der Waals surface area contributed by atoms with Crippen LogP contribution in [-0.2, 0) is 15.8 Å². The fourth-order valence-corrected chi connectivity index (χ4v) is 4.20. The summed E-state index contributed by atoms with van der Waals surface area (Å²) in [6.07, 6.45) is -3.16. The Morgan fingerprint density at radius 3 is 2.66 bits per heavy atom. The summed E-state index contributed by atoms with van der Waals surface area (Å²) in [6.45, 7) is -0.658. The van der Waals surface area contributed by atoms with Crippen molar-refractivity contribution in [3.8, 4) is 11.5 Å². The van der Waals surface area contributed by atoms with Crippen molar-refractivity contribution in [2.45, 2.75) is 6.18 Å². The first-order chi connectivity index (χ1) is 15.0. The fraction of sp³-hybridized carbons (Fsp3) is 0.150. The number of methoxy groups -OCH3 is 1. The van der Waals surface area contributed by atoms with Gasteiger partial charge in [-0.2, -0.15) is 13.2 Å². The molecule has 1 aliphatic rings. The predicted molar refractivity (Wildman–Crippen MR) is 120 cm³/mol. The number of thioether (sulfide) groups is 1. The van der Waals surface area contributed by atoms with Crippen LogP contribution in [-0.4, -0.2) is 40.7 Å². The van der Waals surface area contributed by atoms with Gasteiger partial charge in [0.1, 0.15) is 6.54 Å². The van der Waals surface area contributed by atoms with E-state index in [2.05, 4.69) is 5.32 Å². The van der Waals surface area contributed by atoms with Gasteiger partial charge in [-0.25, -0.2) is 0 Å². The molecule has 32 heavy (non-hydrogen) atoms. The van der Waals surface area contributed by atoms with E-state index in [1.54, 1.807) is 6.07 Å². The zero-order valence-electron chi connectivity index (χ0n) is 16.2. The highest BCUT2D eigenvalue weighted by atomic mass is 127. The number of benzene rings is 2. The summed E-state index contributed by atoms with van der Waals surface area (Å²) in [7, 11) is 1.37. The van der Waals surface area contributed by atoms with Crippen LogP contribution < -0.4 is 10.1 Å². The zero-order chi connectivity index (χ0) is 23.6. The number of anilines is 1. The van der Waals surface area contributed by atoms with Gasteiger partial charge in [-0.05, 0) is 76.3 Å². The van der Waals surface area contributed by atoms with Crippen LogP contribution in [0.3, 0.4) is 0 Å². The maximum atomic E-state index is 12.8. The van der Waals surface area contributed by atoms with Crippen molar-refractivity contribution in [1.82, 2.24) is 4.90 Å². The van der Waals surface area contributed by atoms with Gasteiger partial charge in [0.2, 0.25) is 5.91 Å². The van der Waals surface area contributed by atoms with E-state index in [9.17, 15) is 32.7 Å². The molecule has 2 aromatic carbocycles. The standard InChI is InChI=1S/C20H14F3IN2O5S/c1-31-14-6-10(5-13(24)17(14)28)7-15-18(29)26(19(30)32-15)9-16(27)25-12-4-2-3-11(8-12)20(21,22)23/h2-8,28H,9H2,1H3,(H,25,27)/b15-7-. The van der Waals surface area contributed by atoms with Crippen LogP contribution in [0.25, 0.3) is 6.08 Å². The van der Waals surface area contributed by atoms with Gasteiger partial charge in [0.15, 0.2) is 11.5 Å². The van der Waals surface area contributed by atoms with Crippen molar-refractivity contribution in [2.24, 2.45) is 0 Å². The fourth-order valence-electron chi connectivity index (χ4n) is 2.74. The zero-order valence-corrected chi connectivity index (χ0v) is 19.2. The number of nitrogens with one attached hydrogen (secondary N) is 1. The summed E-state index contributed by atoms with van der Waals surface area (Å²) >= 11 is 2.50. The van der Waals surface area contributed by atoms with E-state index in [1.165, 1.54) is 25.3 Å². The summed E-state index contributed by atoms with van der Waals surface area (Å²) in [5.41, 5.74) is -0.565. The van der Waals surface area contributed by atoms with Crippen molar-refractivity contribution < 1.29 is 37.4 Å². The number of hydrogen-bond donors (Lipinski definition) is 2. The van der Waals surface area contributed by atoms with Gasteiger partial charge in [0.25, 0.3) is 11.1 Å². The minimum absolute atomic E-state index is 0.0467. The molecule has 0 spiro atoms. The molecule has 7 nitrogen and oxygen atoms in total. The largest absolute Gasteiger partial charge is 0.504 e. The number of carbonyl (C=O) groups is 3. The molecule has 0 saturated carbocycles. The van der Waals surface area contributed by atoms with E-state index in [4.69, 9.17) is 4.74 Å². The molecule has 0 atom stereocenters. The number of phenols is 1. The number of hydrogen-bond acceptors (Lipinski definition) is 6. The second kappa shape index (κ2) is 9.40. The van der Waals surface area contributed by atoms with Crippen LogP contribution >= 0.6 is 34.4 Å². The van der Waals surface area contributed by atoms with Crippen molar-refractivity contribution in [3.05, 3.63) is 56.0 Å². The van der Waals surface area contributed by atoms with Crippen molar-refractivity contribution in [2.75, 3.05) is 19.0 Å². The number of amides is 3. The minimum atomic E-state index is -4.58. The number of alkyl halides is 3. The lowest BCUT2D eigenvalue weighted by atomic mass is 10.2. The lowest BCUT2D eigenvalue weighted by molar-refractivity contribution is -0.137. The van der Waals surface area contributed by atoms with Crippen LogP contribution in [0, 0.1) is 3.57 Å². The van der Waals surface area contributed by atoms with Gasteiger partial charge in [0, 0.05) is 5.69 Å². The number of halogens is 4. The maximum absolute atomic E-state index is 12.8. The minimum Gasteiger partial charge on any atom is -0.504 e. The van der Waals surface area contributed by atoms with E-state index in [-0.39, 0.29) is 22.1 Å². The molecule has 1 saturated heterocycles. The summed E-state index contributed by atoms with van der Waals surface area (Å²) in [6, 6.07) is 7.07. The molecule has 0 radical (unpaired) electrons. The Kier molecular flexibility index (Phi) is 7.03. The number of carbonyl (C=O) groups excluding carboxylic acids is 3. The first kappa shape index (κ1) is 23.9. The van der Waals surface area contributed by atoms with Gasteiger partial charge in [-0.1, -0.05) is 6.07 Å². The lowest BCUT2D eigenvalue weighted by Gasteiger charge is -2.13. The molecule has 1 heterocycles. The first-order valence-corrected chi connectivity index (χ1v) is 10.7. The number of rotatable bonds is 5. The highest BCUT2D eigenvalue weighted by Gasteiger charge is 2.36. The molecular weight excluding hydrogens is 564 g/mol. The Bertz CT molecular complexity index is 1140. The van der Waals surface area contributed by atoms with E-state index in [0.29, 0.717) is 25.8 Å². The van der Waals surface area contributed by atoms with Crippen LogP contribution in [0.15, 0.2) is 41.3 Å². The van der Waals surface area contributed by atoms with Crippen molar-refractivity contribution in [3.63, 3.8) is 0 Å². The lowest BCUT2D eigenvalue weighted by Crippen LogP contribution is -2.36. The number of nitrogens with zero attached hydrogens (tertiary/aromatic N) is 1. The monoisotopic (exact) mass is 578 g/mol. The molecule has 3 amide bonds. The van der Waals surface area contributed by atoms with Crippen LogP contribution in [0.4, 0.5) is 23.7 Å². The molecule has 12 heteroatoms.